The maximum atomic E-state index is 11.5. The van der Waals surface area contributed by atoms with Crippen molar-refractivity contribution in [3.8, 4) is 5.75 Å². The second kappa shape index (κ2) is 11.1. The molecule has 0 aliphatic heterocycles. The van der Waals surface area contributed by atoms with Crippen LogP contribution < -0.4 is 15.2 Å². The van der Waals surface area contributed by atoms with Crippen molar-refractivity contribution in [1.82, 2.24) is 4.72 Å². The van der Waals surface area contributed by atoms with Crippen molar-refractivity contribution in [2.75, 3.05) is 12.9 Å². The summed E-state index contributed by atoms with van der Waals surface area (Å²) in [7, 11) is -3.38. The summed E-state index contributed by atoms with van der Waals surface area (Å²) in [5.41, 5.74) is 9.23. The number of aliphatic hydroxyl groups excluding tert-OH is 1. The van der Waals surface area contributed by atoms with Crippen LogP contribution in [0.3, 0.4) is 0 Å². The predicted octanol–water partition coefficient (Wildman–Crippen LogP) is 2.94. The minimum Gasteiger partial charge on any atom is -0.491 e. The van der Waals surface area contributed by atoms with Gasteiger partial charge in [-0.3, -0.25) is 0 Å². The van der Waals surface area contributed by atoms with Crippen LogP contribution >= 0.6 is 12.4 Å². The van der Waals surface area contributed by atoms with Gasteiger partial charge >= 0.3 is 0 Å². The molecule has 2 aromatic rings. The smallest absolute Gasteiger partial charge is 0.210 e. The molecule has 8 heteroatoms. The van der Waals surface area contributed by atoms with E-state index < -0.39 is 22.3 Å². The first-order valence-corrected chi connectivity index (χ1v) is 11.9. The Morgan fingerprint density at radius 3 is 2.63 bits per heavy atom. The lowest BCUT2D eigenvalue weighted by Gasteiger charge is -2.20. The highest BCUT2D eigenvalue weighted by atomic mass is 35.5. The maximum Gasteiger partial charge on any atom is 0.210 e. The van der Waals surface area contributed by atoms with E-state index in [0.717, 1.165) is 43.3 Å². The first kappa shape index (κ1) is 24.6. The van der Waals surface area contributed by atoms with Gasteiger partial charge in [0.2, 0.25) is 10.0 Å². The summed E-state index contributed by atoms with van der Waals surface area (Å²) in [6.45, 7) is 0.274. The lowest BCUT2D eigenvalue weighted by molar-refractivity contribution is 0.0833. The second-order valence-electron chi connectivity index (χ2n) is 7.87. The van der Waals surface area contributed by atoms with Crippen molar-refractivity contribution >= 4 is 22.4 Å². The predicted molar refractivity (Wildman–Crippen MR) is 121 cm³/mol. The molecule has 1 aliphatic carbocycles. The van der Waals surface area contributed by atoms with Gasteiger partial charge in [-0.1, -0.05) is 36.4 Å². The number of aliphatic hydroxyl groups is 1. The molecule has 4 N–H and O–H groups in total. The number of ether oxygens (including phenoxy) is 1. The van der Waals surface area contributed by atoms with E-state index in [4.69, 9.17) is 10.5 Å². The molecule has 1 aliphatic rings. The number of benzene rings is 2. The van der Waals surface area contributed by atoms with Gasteiger partial charge in [0.1, 0.15) is 12.4 Å². The Bertz CT molecular complexity index is 909. The van der Waals surface area contributed by atoms with Crippen LogP contribution in [0.2, 0.25) is 0 Å². The normalized spacial score (nSPS) is 18.4. The molecule has 0 fully saturated rings. The number of fused-ring (bicyclic) bond motifs is 1. The molecule has 30 heavy (non-hydrogen) atoms. The van der Waals surface area contributed by atoms with Gasteiger partial charge in [0.05, 0.1) is 18.5 Å². The Balaban J connectivity index is 0.00000320. The molecule has 0 saturated carbocycles. The molecule has 3 atom stereocenters. The van der Waals surface area contributed by atoms with Gasteiger partial charge in [0.25, 0.3) is 0 Å². The number of rotatable bonds is 8. The van der Waals surface area contributed by atoms with Crippen LogP contribution in [-0.2, 0) is 22.9 Å². The Morgan fingerprint density at radius 2 is 1.93 bits per heavy atom. The van der Waals surface area contributed by atoms with Crippen molar-refractivity contribution in [2.24, 2.45) is 11.7 Å². The third-order valence-corrected chi connectivity index (χ3v) is 5.97. The van der Waals surface area contributed by atoms with Crippen LogP contribution in [0.15, 0.2) is 48.5 Å². The van der Waals surface area contributed by atoms with E-state index in [-0.39, 0.29) is 19.0 Å². The molecule has 0 spiro atoms. The number of nitrogens with one attached hydrogen (secondary N) is 1. The van der Waals surface area contributed by atoms with E-state index in [1.807, 2.05) is 48.5 Å². The minimum atomic E-state index is -3.38. The summed E-state index contributed by atoms with van der Waals surface area (Å²) in [6, 6.07) is 15.4. The average Bonchev–Trinajstić information content (AvgIpc) is 2.86. The van der Waals surface area contributed by atoms with Crippen molar-refractivity contribution in [3.05, 3.63) is 65.2 Å². The SMILES string of the molecule is CS(=O)(=O)NC(N)c1ccc2c(c1)CC(C[C@H](O)COc1ccccc1)CCC2.Cl. The van der Waals surface area contributed by atoms with Crippen LogP contribution in [0, 0.1) is 5.92 Å². The number of hydrogen-bond acceptors (Lipinski definition) is 5. The zero-order valence-electron chi connectivity index (χ0n) is 17.2. The monoisotopic (exact) mass is 454 g/mol. The highest BCUT2D eigenvalue weighted by molar-refractivity contribution is 7.88. The molecule has 166 valence electrons. The van der Waals surface area contributed by atoms with E-state index in [1.54, 1.807) is 0 Å². The van der Waals surface area contributed by atoms with E-state index in [0.29, 0.717) is 12.3 Å². The van der Waals surface area contributed by atoms with Gasteiger partial charge in [-0.05, 0) is 66.8 Å². The van der Waals surface area contributed by atoms with Crippen LogP contribution in [-0.4, -0.2) is 32.5 Å². The second-order valence-corrected chi connectivity index (χ2v) is 9.65. The van der Waals surface area contributed by atoms with E-state index in [1.165, 1.54) is 11.1 Å². The molecular formula is C22H31ClN2O4S. The summed E-state index contributed by atoms with van der Waals surface area (Å²) >= 11 is 0. The number of nitrogens with two attached hydrogens (primary N) is 1. The molecule has 6 nitrogen and oxygen atoms in total. The molecular weight excluding hydrogens is 424 g/mol. The van der Waals surface area contributed by atoms with Gasteiger partial charge in [-0.2, -0.15) is 4.72 Å². The maximum absolute atomic E-state index is 11.5. The van der Waals surface area contributed by atoms with Gasteiger partial charge in [-0.25, -0.2) is 8.42 Å². The molecule has 2 aromatic carbocycles. The summed E-state index contributed by atoms with van der Waals surface area (Å²) < 4.78 is 31.0. The molecule has 0 bridgehead atoms. The summed E-state index contributed by atoms with van der Waals surface area (Å²) in [5, 5.41) is 10.5. The zero-order valence-corrected chi connectivity index (χ0v) is 18.8. The van der Waals surface area contributed by atoms with Gasteiger partial charge in [0.15, 0.2) is 0 Å². The van der Waals surface area contributed by atoms with E-state index in [9.17, 15) is 13.5 Å². The quantitative estimate of drug-likeness (QED) is 0.420. The number of halogens is 1. The van der Waals surface area contributed by atoms with Crippen LogP contribution in [0.5, 0.6) is 5.75 Å². The summed E-state index contributed by atoms with van der Waals surface area (Å²) in [5.74, 6) is 1.11. The molecule has 0 aromatic heterocycles. The zero-order chi connectivity index (χ0) is 20.9. The Kier molecular flexibility index (Phi) is 9.12. The van der Waals surface area contributed by atoms with Crippen molar-refractivity contribution in [3.63, 3.8) is 0 Å². The Labute approximate surface area is 185 Å². The molecule has 0 amide bonds. The van der Waals surface area contributed by atoms with Crippen molar-refractivity contribution < 1.29 is 18.3 Å². The lowest BCUT2D eigenvalue weighted by Crippen LogP contribution is -2.33. The number of aryl methyl sites for hydroxylation is 1. The van der Waals surface area contributed by atoms with Gasteiger partial charge < -0.3 is 15.6 Å². The highest BCUT2D eigenvalue weighted by Gasteiger charge is 2.21. The molecule has 0 radical (unpaired) electrons. The molecule has 3 rings (SSSR count). The standard InChI is InChI=1S/C22H30N2O4S.ClH/c1-29(26,27)24-22(23)18-11-10-17-7-5-6-16(12-19(17)14-18)13-20(25)15-28-21-8-3-2-4-9-21;/h2-4,8-11,14,16,20,22,24-25H,5-7,12-13,15,23H2,1H3;1H/t16?,20-,22?;/m0./s1. The Hall–Kier alpha value is -1.64. The number of sulfonamides is 1. The van der Waals surface area contributed by atoms with Gasteiger partial charge in [0, 0.05) is 0 Å². The van der Waals surface area contributed by atoms with Crippen molar-refractivity contribution in [1.29, 1.82) is 0 Å². The lowest BCUT2D eigenvalue weighted by atomic mass is 9.91. The Morgan fingerprint density at radius 1 is 1.20 bits per heavy atom. The number of hydrogen-bond donors (Lipinski definition) is 3. The molecule has 0 saturated heterocycles. The first-order chi connectivity index (χ1) is 13.8. The minimum absolute atomic E-state index is 0. The fourth-order valence-corrected chi connectivity index (χ4v) is 4.53. The third kappa shape index (κ3) is 7.56. The average molecular weight is 455 g/mol. The van der Waals surface area contributed by atoms with Gasteiger partial charge in [-0.15, -0.1) is 12.4 Å². The fourth-order valence-electron chi connectivity index (χ4n) is 3.93. The fraction of sp³-hybridized carbons (Fsp3) is 0.455. The summed E-state index contributed by atoms with van der Waals surface area (Å²) in [6.07, 6.45) is 4.42. The first-order valence-electron chi connectivity index (χ1n) is 10.0. The molecule has 2 unspecified atom stereocenters. The van der Waals surface area contributed by atoms with Crippen molar-refractivity contribution in [2.45, 2.75) is 44.4 Å². The highest BCUT2D eigenvalue weighted by Crippen LogP contribution is 2.29. The van der Waals surface area contributed by atoms with Crippen LogP contribution in [0.1, 0.15) is 42.1 Å². The molecule has 0 heterocycles. The van der Waals surface area contributed by atoms with E-state index >= 15 is 0 Å². The summed E-state index contributed by atoms with van der Waals surface area (Å²) in [4.78, 5) is 0. The third-order valence-electron chi connectivity index (χ3n) is 5.29. The van der Waals surface area contributed by atoms with Crippen LogP contribution in [0.4, 0.5) is 0 Å². The topological polar surface area (TPSA) is 102 Å². The largest absolute Gasteiger partial charge is 0.491 e. The van der Waals surface area contributed by atoms with Crippen LogP contribution in [0.25, 0.3) is 0 Å². The van der Waals surface area contributed by atoms with E-state index in [2.05, 4.69) is 4.72 Å². The number of para-hydroxylation sites is 1.